The Morgan fingerprint density at radius 1 is 1.06 bits per heavy atom. The first-order chi connectivity index (χ1) is 14.8. The maximum Gasteiger partial charge on any atom is 0.194 e. The average Bonchev–Trinajstić information content (AvgIpc) is 2.74. The molecule has 0 bridgehead atoms. The first-order valence-electron chi connectivity index (χ1n) is 10.8. The summed E-state index contributed by atoms with van der Waals surface area (Å²) >= 11 is 0. The number of guanidine groups is 1. The molecule has 7 heteroatoms. The van der Waals surface area contributed by atoms with Gasteiger partial charge >= 0.3 is 0 Å². The first-order valence-corrected chi connectivity index (χ1v) is 12.4. The van der Waals surface area contributed by atoms with Crippen LogP contribution in [-0.4, -0.2) is 49.4 Å². The fourth-order valence-electron chi connectivity index (χ4n) is 3.60. The van der Waals surface area contributed by atoms with Crippen LogP contribution in [0.2, 0.25) is 0 Å². The highest BCUT2D eigenvalue weighted by Gasteiger charge is 2.40. The number of rotatable bonds is 7. The maximum atomic E-state index is 12.3. The van der Waals surface area contributed by atoms with E-state index in [0.29, 0.717) is 32.8 Å². The number of ether oxygens (including phenoxy) is 1. The summed E-state index contributed by atoms with van der Waals surface area (Å²) < 4.78 is 29.7. The molecule has 0 atom stereocenters. The first kappa shape index (κ1) is 23.3. The van der Waals surface area contributed by atoms with Crippen LogP contribution in [0.25, 0.3) is 0 Å². The second-order valence-electron chi connectivity index (χ2n) is 8.47. The van der Waals surface area contributed by atoms with Gasteiger partial charge < -0.3 is 15.0 Å². The smallest absolute Gasteiger partial charge is 0.194 e. The Kier molecular flexibility index (Phi) is 7.73. The Balaban J connectivity index is 1.62. The maximum absolute atomic E-state index is 12.3. The third-order valence-corrected chi connectivity index (χ3v) is 7.99. The summed E-state index contributed by atoms with van der Waals surface area (Å²) in [6.45, 7) is 8.89. The molecule has 0 spiro atoms. The fraction of sp³-hybridized carbons (Fsp3) is 0.458. The monoisotopic (exact) mass is 443 g/mol. The van der Waals surface area contributed by atoms with Crippen LogP contribution in [0.15, 0.2) is 59.6 Å². The third-order valence-electron chi connectivity index (χ3n) is 5.46. The van der Waals surface area contributed by atoms with Crippen LogP contribution < -0.4 is 5.32 Å². The van der Waals surface area contributed by atoms with Gasteiger partial charge in [-0.3, -0.25) is 0 Å². The quantitative estimate of drug-likeness (QED) is 0.525. The molecule has 1 fully saturated rings. The standard InChI is InChI=1S/C24H33N3O3S/c1-4-25-23(27-13-14-31(28,29)24(2,3)19-27)26-16-21-11-8-12-22(15-21)18-30-17-20-9-6-5-7-10-20/h5-12,15H,4,13-14,16-19H2,1-3H3,(H,25,26). The molecule has 1 aliphatic rings. The van der Waals surface area contributed by atoms with E-state index in [1.807, 2.05) is 31.2 Å². The van der Waals surface area contributed by atoms with E-state index in [0.717, 1.165) is 29.2 Å². The summed E-state index contributed by atoms with van der Waals surface area (Å²) in [5, 5.41) is 3.31. The zero-order valence-electron chi connectivity index (χ0n) is 18.7. The largest absolute Gasteiger partial charge is 0.372 e. The lowest BCUT2D eigenvalue weighted by atomic mass is 10.1. The summed E-state index contributed by atoms with van der Waals surface area (Å²) in [5.41, 5.74) is 3.36. The molecule has 0 amide bonds. The van der Waals surface area contributed by atoms with Crippen molar-refractivity contribution in [1.29, 1.82) is 0 Å². The third kappa shape index (κ3) is 6.31. The van der Waals surface area contributed by atoms with Crippen molar-refractivity contribution >= 4 is 15.8 Å². The number of hydrogen-bond donors (Lipinski definition) is 1. The molecule has 31 heavy (non-hydrogen) atoms. The van der Waals surface area contributed by atoms with Gasteiger partial charge in [0.15, 0.2) is 15.8 Å². The predicted octanol–water partition coefficient (Wildman–Crippen LogP) is 3.38. The molecule has 1 saturated heterocycles. The van der Waals surface area contributed by atoms with E-state index < -0.39 is 14.6 Å². The molecule has 0 radical (unpaired) electrons. The summed E-state index contributed by atoms with van der Waals surface area (Å²) in [5.74, 6) is 0.912. The molecule has 2 aromatic rings. The predicted molar refractivity (Wildman–Crippen MR) is 126 cm³/mol. The zero-order valence-corrected chi connectivity index (χ0v) is 19.5. The molecule has 0 aromatic heterocycles. The topological polar surface area (TPSA) is 71.0 Å². The van der Waals surface area contributed by atoms with E-state index >= 15 is 0 Å². The van der Waals surface area contributed by atoms with Gasteiger partial charge in [0.25, 0.3) is 0 Å². The van der Waals surface area contributed by atoms with E-state index in [9.17, 15) is 8.42 Å². The van der Waals surface area contributed by atoms with Crippen LogP contribution in [0.3, 0.4) is 0 Å². The number of nitrogens with one attached hydrogen (secondary N) is 1. The molecule has 2 aromatic carbocycles. The molecule has 3 rings (SSSR count). The minimum atomic E-state index is -3.08. The molecule has 6 nitrogen and oxygen atoms in total. The lowest BCUT2D eigenvalue weighted by Crippen LogP contribution is -2.57. The van der Waals surface area contributed by atoms with Gasteiger partial charge in [0.05, 0.1) is 30.3 Å². The molecule has 1 N–H and O–H groups in total. The molecule has 168 valence electrons. The molecule has 1 aliphatic heterocycles. The van der Waals surface area contributed by atoms with E-state index in [4.69, 9.17) is 9.73 Å². The lowest BCUT2D eigenvalue weighted by molar-refractivity contribution is 0.107. The van der Waals surface area contributed by atoms with Crippen molar-refractivity contribution in [3.63, 3.8) is 0 Å². The molecular weight excluding hydrogens is 410 g/mol. The summed E-state index contributed by atoms with van der Waals surface area (Å²) in [6.07, 6.45) is 0. The molecule has 0 saturated carbocycles. The van der Waals surface area contributed by atoms with E-state index in [-0.39, 0.29) is 5.75 Å². The van der Waals surface area contributed by atoms with Crippen LogP contribution in [-0.2, 0) is 34.3 Å². The molecule has 0 aliphatic carbocycles. The van der Waals surface area contributed by atoms with Crippen molar-refractivity contribution in [1.82, 2.24) is 10.2 Å². The minimum absolute atomic E-state index is 0.151. The zero-order chi connectivity index (χ0) is 22.3. The van der Waals surface area contributed by atoms with Crippen molar-refractivity contribution in [2.75, 3.05) is 25.4 Å². The van der Waals surface area contributed by atoms with Crippen molar-refractivity contribution in [2.24, 2.45) is 4.99 Å². The number of hydrogen-bond acceptors (Lipinski definition) is 4. The normalized spacial score (nSPS) is 18.0. The van der Waals surface area contributed by atoms with Crippen molar-refractivity contribution in [3.05, 3.63) is 71.3 Å². The van der Waals surface area contributed by atoms with Crippen LogP contribution in [0.5, 0.6) is 0 Å². The van der Waals surface area contributed by atoms with Crippen molar-refractivity contribution in [2.45, 2.75) is 45.3 Å². The van der Waals surface area contributed by atoms with Gasteiger partial charge in [0.1, 0.15) is 0 Å². The van der Waals surface area contributed by atoms with Crippen LogP contribution in [0.4, 0.5) is 0 Å². The highest BCUT2D eigenvalue weighted by Crippen LogP contribution is 2.24. The number of sulfone groups is 1. The van der Waals surface area contributed by atoms with Crippen LogP contribution in [0.1, 0.15) is 37.5 Å². The number of aliphatic imine (C=N–C) groups is 1. The highest BCUT2D eigenvalue weighted by atomic mass is 32.2. The minimum Gasteiger partial charge on any atom is -0.372 e. The number of benzene rings is 2. The average molecular weight is 444 g/mol. The molecule has 0 unspecified atom stereocenters. The Hall–Kier alpha value is -2.38. The van der Waals surface area contributed by atoms with Gasteiger partial charge in [-0.15, -0.1) is 0 Å². The Labute approximate surface area is 186 Å². The lowest BCUT2D eigenvalue weighted by Gasteiger charge is -2.39. The van der Waals surface area contributed by atoms with Crippen molar-refractivity contribution < 1.29 is 13.2 Å². The van der Waals surface area contributed by atoms with E-state index in [1.165, 1.54) is 0 Å². The van der Waals surface area contributed by atoms with E-state index in [1.54, 1.807) is 13.8 Å². The summed E-state index contributed by atoms with van der Waals surface area (Å²) in [6, 6.07) is 18.4. The summed E-state index contributed by atoms with van der Waals surface area (Å²) in [7, 11) is -3.08. The van der Waals surface area contributed by atoms with Gasteiger partial charge in [-0.1, -0.05) is 54.6 Å². The Morgan fingerprint density at radius 3 is 2.45 bits per heavy atom. The SMILES string of the molecule is CCNC(=NCc1cccc(COCc2ccccc2)c1)N1CCS(=O)(=O)C(C)(C)C1. The molecule has 1 heterocycles. The van der Waals surface area contributed by atoms with Gasteiger partial charge in [-0.25, -0.2) is 13.4 Å². The fourth-order valence-corrected chi connectivity index (χ4v) is 4.96. The Morgan fingerprint density at radius 2 is 1.74 bits per heavy atom. The second kappa shape index (κ2) is 10.3. The summed E-state index contributed by atoms with van der Waals surface area (Å²) in [4.78, 5) is 6.84. The second-order valence-corrected chi connectivity index (χ2v) is 11.2. The van der Waals surface area contributed by atoms with Crippen LogP contribution >= 0.6 is 0 Å². The van der Waals surface area contributed by atoms with Gasteiger partial charge in [0, 0.05) is 19.6 Å². The van der Waals surface area contributed by atoms with Gasteiger partial charge in [0.2, 0.25) is 0 Å². The number of nitrogens with zero attached hydrogens (tertiary/aromatic N) is 2. The van der Waals surface area contributed by atoms with Crippen LogP contribution in [0, 0.1) is 0 Å². The molecular formula is C24H33N3O3S. The van der Waals surface area contributed by atoms with Gasteiger partial charge in [-0.05, 0) is 37.5 Å². The highest BCUT2D eigenvalue weighted by molar-refractivity contribution is 7.92. The Bertz CT molecular complexity index is 988. The van der Waals surface area contributed by atoms with Crippen molar-refractivity contribution in [3.8, 4) is 0 Å². The van der Waals surface area contributed by atoms with Gasteiger partial charge in [-0.2, -0.15) is 0 Å². The van der Waals surface area contributed by atoms with E-state index in [2.05, 4.69) is 40.5 Å².